The molecule has 0 aliphatic carbocycles. The largest absolute Gasteiger partial charge is 0.385 e. The zero-order chi connectivity index (χ0) is 20.1. The number of carbonyl (C=O) groups excluding carboxylic acids is 1. The van der Waals surface area contributed by atoms with Gasteiger partial charge in [0.15, 0.2) is 5.43 Å². The van der Waals surface area contributed by atoms with Gasteiger partial charge in [-0.15, -0.1) is 0 Å². The molecule has 0 bridgehead atoms. The van der Waals surface area contributed by atoms with Crippen molar-refractivity contribution in [3.8, 4) is 0 Å². The lowest BCUT2D eigenvalue weighted by Crippen LogP contribution is -2.29. The van der Waals surface area contributed by atoms with Crippen LogP contribution in [0.25, 0.3) is 0 Å². The second-order valence-corrected chi connectivity index (χ2v) is 6.84. The summed E-state index contributed by atoms with van der Waals surface area (Å²) in [6, 6.07) is 5.03. The summed E-state index contributed by atoms with van der Waals surface area (Å²) in [6.45, 7) is 9.24. The van der Waals surface area contributed by atoms with Crippen molar-refractivity contribution >= 4 is 29.0 Å². The Kier molecular flexibility index (Phi) is 6.91. The molecule has 0 unspecified atom stereocenters. The molecule has 0 saturated heterocycles. The average Bonchev–Trinajstić information content (AvgIpc) is 2.61. The third-order valence-corrected chi connectivity index (χ3v) is 4.76. The Balaban J connectivity index is 2.32. The molecule has 0 aliphatic heterocycles. The Labute approximate surface area is 164 Å². The van der Waals surface area contributed by atoms with Gasteiger partial charge in [-0.25, -0.2) is 0 Å². The van der Waals surface area contributed by atoms with Crippen molar-refractivity contribution in [2.75, 3.05) is 23.7 Å². The third-order valence-electron chi connectivity index (χ3n) is 4.54. The molecular formula is C20H27ClN4O2. The van der Waals surface area contributed by atoms with E-state index in [1.165, 1.54) is 0 Å². The first-order chi connectivity index (χ1) is 12.8. The van der Waals surface area contributed by atoms with Gasteiger partial charge in [-0.1, -0.05) is 11.6 Å². The number of pyridine rings is 1. The Morgan fingerprint density at radius 1 is 1.11 bits per heavy atom. The molecule has 1 aromatic carbocycles. The van der Waals surface area contributed by atoms with Gasteiger partial charge in [0.2, 0.25) is 0 Å². The summed E-state index contributed by atoms with van der Waals surface area (Å²) in [5.41, 5.74) is 3.43. The number of aryl methyl sites for hydroxylation is 1. The molecular weight excluding hydrogens is 364 g/mol. The van der Waals surface area contributed by atoms with Crippen LogP contribution in [0, 0.1) is 13.8 Å². The average molecular weight is 391 g/mol. The lowest BCUT2D eigenvalue weighted by molar-refractivity contribution is 0.0950. The Bertz CT molecular complexity index is 906. The molecule has 27 heavy (non-hydrogen) atoms. The number of amides is 1. The minimum absolute atomic E-state index is 0.0991. The summed E-state index contributed by atoms with van der Waals surface area (Å²) >= 11 is 6.17. The van der Waals surface area contributed by atoms with Crippen LogP contribution in [0.4, 0.5) is 11.5 Å². The summed E-state index contributed by atoms with van der Waals surface area (Å²) in [5.74, 6) is 0.457. The molecule has 0 spiro atoms. The van der Waals surface area contributed by atoms with Gasteiger partial charge in [-0.3, -0.25) is 9.59 Å². The van der Waals surface area contributed by atoms with Gasteiger partial charge in [-0.2, -0.15) is 0 Å². The maximum Gasteiger partial charge on any atom is 0.251 e. The van der Waals surface area contributed by atoms with Gasteiger partial charge in [0.25, 0.3) is 5.91 Å². The van der Waals surface area contributed by atoms with E-state index in [-0.39, 0.29) is 17.9 Å². The first-order valence-corrected chi connectivity index (χ1v) is 9.43. The smallest absolute Gasteiger partial charge is 0.251 e. The first kappa shape index (κ1) is 20.8. The molecule has 0 saturated carbocycles. The minimum Gasteiger partial charge on any atom is -0.385 e. The fraction of sp³-hybridized carbons (Fsp3) is 0.400. The number of aromatic nitrogens is 1. The van der Waals surface area contributed by atoms with Crippen LogP contribution >= 0.6 is 11.6 Å². The van der Waals surface area contributed by atoms with Gasteiger partial charge < -0.3 is 20.5 Å². The molecule has 3 N–H and O–H groups in total. The van der Waals surface area contributed by atoms with E-state index < -0.39 is 0 Å². The van der Waals surface area contributed by atoms with Crippen molar-refractivity contribution < 1.29 is 4.79 Å². The van der Waals surface area contributed by atoms with Crippen molar-refractivity contribution in [3.05, 3.63) is 55.8 Å². The highest BCUT2D eigenvalue weighted by Gasteiger charge is 2.16. The Morgan fingerprint density at radius 3 is 2.41 bits per heavy atom. The van der Waals surface area contributed by atoms with Crippen LogP contribution in [-0.2, 0) is 13.6 Å². The SMILES string of the molecule is CCNc1cc(Cl)cc(C(=O)NCc2c(NCC)n(C)c(C)cc2=O)c1C. The quantitative estimate of drug-likeness (QED) is 0.676. The van der Waals surface area contributed by atoms with Crippen LogP contribution in [0.2, 0.25) is 5.02 Å². The van der Waals surface area contributed by atoms with Crippen LogP contribution in [-0.4, -0.2) is 23.6 Å². The number of hydrogen-bond acceptors (Lipinski definition) is 4. The van der Waals surface area contributed by atoms with E-state index in [1.807, 2.05) is 39.3 Å². The van der Waals surface area contributed by atoms with Crippen molar-refractivity contribution in [1.29, 1.82) is 0 Å². The van der Waals surface area contributed by atoms with Crippen molar-refractivity contribution in [3.63, 3.8) is 0 Å². The van der Waals surface area contributed by atoms with E-state index in [1.54, 1.807) is 18.2 Å². The van der Waals surface area contributed by atoms with Crippen molar-refractivity contribution in [1.82, 2.24) is 9.88 Å². The molecule has 0 fully saturated rings. The summed E-state index contributed by atoms with van der Waals surface area (Å²) in [4.78, 5) is 25.2. The molecule has 1 amide bonds. The molecule has 1 aromatic heterocycles. The van der Waals surface area contributed by atoms with E-state index in [0.717, 1.165) is 29.3 Å². The number of halogens is 1. The minimum atomic E-state index is -0.265. The normalized spacial score (nSPS) is 10.6. The number of nitrogens with zero attached hydrogens (tertiary/aromatic N) is 1. The Hall–Kier alpha value is -2.47. The van der Waals surface area contributed by atoms with Crippen LogP contribution in [0.1, 0.15) is 41.0 Å². The third kappa shape index (κ3) is 4.63. The number of rotatable bonds is 7. The number of carbonyl (C=O) groups is 1. The highest BCUT2D eigenvalue weighted by molar-refractivity contribution is 6.31. The van der Waals surface area contributed by atoms with Crippen molar-refractivity contribution in [2.45, 2.75) is 34.2 Å². The number of nitrogens with one attached hydrogen (secondary N) is 3. The molecule has 2 aromatic rings. The predicted octanol–water partition coefficient (Wildman–Crippen LogP) is 3.45. The van der Waals surface area contributed by atoms with Crippen LogP contribution in [0.15, 0.2) is 23.0 Å². The fourth-order valence-electron chi connectivity index (χ4n) is 2.99. The van der Waals surface area contributed by atoms with Gasteiger partial charge in [-0.05, 0) is 45.4 Å². The summed E-state index contributed by atoms with van der Waals surface area (Å²) in [7, 11) is 1.89. The number of anilines is 2. The maximum absolute atomic E-state index is 12.8. The van der Waals surface area contributed by atoms with E-state index in [2.05, 4.69) is 16.0 Å². The number of hydrogen-bond donors (Lipinski definition) is 3. The van der Waals surface area contributed by atoms with Crippen LogP contribution in [0.5, 0.6) is 0 Å². The molecule has 6 nitrogen and oxygen atoms in total. The Morgan fingerprint density at radius 2 is 1.78 bits per heavy atom. The zero-order valence-electron chi connectivity index (χ0n) is 16.5. The molecule has 0 radical (unpaired) electrons. The summed E-state index contributed by atoms with van der Waals surface area (Å²) < 4.78 is 1.92. The highest BCUT2D eigenvalue weighted by atomic mass is 35.5. The summed E-state index contributed by atoms with van der Waals surface area (Å²) in [6.07, 6.45) is 0. The van der Waals surface area contributed by atoms with E-state index >= 15 is 0 Å². The topological polar surface area (TPSA) is 75.2 Å². The molecule has 7 heteroatoms. The lowest BCUT2D eigenvalue weighted by Gasteiger charge is -2.18. The first-order valence-electron chi connectivity index (χ1n) is 9.05. The van der Waals surface area contributed by atoms with Gasteiger partial charge in [0.05, 0.1) is 12.1 Å². The van der Waals surface area contributed by atoms with E-state index in [0.29, 0.717) is 22.7 Å². The number of benzene rings is 1. The molecule has 146 valence electrons. The second-order valence-electron chi connectivity index (χ2n) is 6.41. The monoisotopic (exact) mass is 390 g/mol. The molecule has 2 rings (SSSR count). The maximum atomic E-state index is 12.8. The fourth-order valence-corrected chi connectivity index (χ4v) is 3.20. The van der Waals surface area contributed by atoms with Crippen LogP contribution < -0.4 is 21.4 Å². The van der Waals surface area contributed by atoms with Gasteiger partial charge in [0, 0.05) is 48.2 Å². The van der Waals surface area contributed by atoms with Gasteiger partial charge >= 0.3 is 0 Å². The van der Waals surface area contributed by atoms with E-state index in [9.17, 15) is 9.59 Å². The molecule has 1 heterocycles. The van der Waals surface area contributed by atoms with E-state index in [4.69, 9.17) is 11.6 Å². The van der Waals surface area contributed by atoms with Gasteiger partial charge in [0.1, 0.15) is 5.82 Å². The summed E-state index contributed by atoms with van der Waals surface area (Å²) in [5, 5.41) is 9.77. The second kappa shape index (κ2) is 8.95. The predicted molar refractivity (Wildman–Crippen MR) is 112 cm³/mol. The highest BCUT2D eigenvalue weighted by Crippen LogP contribution is 2.25. The zero-order valence-corrected chi connectivity index (χ0v) is 17.3. The van der Waals surface area contributed by atoms with Crippen molar-refractivity contribution in [2.24, 2.45) is 7.05 Å². The molecule has 0 aliphatic rings. The van der Waals surface area contributed by atoms with Crippen LogP contribution in [0.3, 0.4) is 0 Å². The lowest BCUT2D eigenvalue weighted by atomic mass is 10.1. The standard InChI is InChI=1S/C20H27ClN4O2/c1-6-22-17-10-14(21)9-15(13(17)4)20(27)24-11-16-18(26)8-12(3)25(5)19(16)23-7-2/h8-10,22-23H,6-7,11H2,1-5H3,(H,24,27). The molecule has 0 atom stereocenters.